The highest BCUT2D eigenvalue weighted by atomic mass is 35.5. The number of unbranched alkanes of at least 4 members (excludes halogenated alkanes) is 1. The molecule has 0 atom stereocenters. The molecule has 0 spiro atoms. The van der Waals surface area contributed by atoms with E-state index in [4.69, 9.17) is 16.3 Å². The van der Waals surface area contributed by atoms with Crippen molar-refractivity contribution in [2.75, 3.05) is 13.2 Å². The molecule has 110 valence electrons. The SMILES string of the molecule is CCCCc1nc(Cl)c(CNCCCOC(C)C)[nH]1. The summed E-state index contributed by atoms with van der Waals surface area (Å²) in [6.45, 7) is 8.73. The van der Waals surface area contributed by atoms with Crippen LogP contribution < -0.4 is 5.32 Å². The largest absolute Gasteiger partial charge is 0.379 e. The van der Waals surface area contributed by atoms with Gasteiger partial charge in [0, 0.05) is 19.6 Å². The van der Waals surface area contributed by atoms with Gasteiger partial charge in [-0.3, -0.25) is 0 Å². The normalized spacial score (nSPS) is 11.4. The fourth-order valence-electron chi connectivity index (χ4n) is 1.75. The molecule has 0 bridgehead atoms. The van der Waals surface area contributed by atoms with Crippen molar-refractivity contribution in [3.8, 4) is 0 Å². The molecule has 19 heavy (non-hydrogen) atoms. The monoisotopic (exact) mass is 287 g/mol. The Morgan fingerprint density at radius 1 is 1.37 bits per heavy atom. The van der Waals surface area contributed by atoms with Crippen molar-refractivity contribution < 1.29 is 4.74 Å². The molecule has 0 amide bonds. The van der Waals surface area contributed by atoms with Gasteiger partial charge < -0.3 is 15.0 Å². The Morgan fingerprint density at radius 2 is 2.16 bits per heavy atom. The van der Waals surface area contributed by atoms with Gasteiger partial charge in [0.15, 0.2) is 5.15 Å². The van der Waals surface area contributed by atoms with E-state index in [1.165, 1.54) is 6.42 Å². The van der Waals surface area contributed by atoms with Crippen LogP contribution in [0.25, 0.3) is 0 Å². The number of aromatic nitrogens is 2. The molecule has 0 saturated carbocycles. The molecule has 0 radical (unpaired) electrons. The minimum absolute atomic E-state index is 0.308. The molecular weight excluding hydrogens is 262 g/mol. The molecule has 1 rings (SSSR count). The summed E-state index contributed by atoms with van der Waals surface area (Å²) >= 11 is 6.10. The van der Waals surface area contributed by atoms with Crippen LogP contribution in [0.4, 0.5) is 0 Å². The van der Waals surface area contributed by atoms with Gasteiger partial charge in [0.1, 0.15) is 5.82 Å². The summed E-state index contributed by atoms with van der Waals surface area (Å²) in [6, 6.07) is 0. The Kier molecular flexibility index (Phi) is 8.10. The van der Waals surface area contributed by atoms with E-state index in [1.54, 1.807) is 0 Å². The van der Waals surface area contributed by atoms with Crippen molar-refractivity contribution >= 4 is 11.6 Å². The van der Waals surface area contributed by atoms with Crippen molar-refractivity contribution in [1.29, 1.82) is 0 Å². The minimum Gasteiger partial charge on any atom is -0.379 e. The van der Waals surface area contributed by atoms with Gasteiger partial charge in [-0.2, -0.15) is 0 Å². The second kappa shape index (κ2) is 9.34. The van der Waals surface area contributed by atoms with Crippen LogP contribution in [0.5, 0.6) is 0 Å². The molecule has 0 aromatic carbocycles. The third-order valence-electron chi connectivity index (χ3n) is 2.80. The maximum atomic E-state index is 6.10. The maximum absolute atomic E-state index is 6.10. The van der Waals surface area contributed by atoms with Gasteiger partial charge in [-0.25, -0.2) is 4.98 Å². The molecule has 2 N–H and O–H groups in total. The molecule has 0 aliphatic rings. The van der Waals surface area contributed by atoms with Gasteiger partial charge >= 0.3 is 0 Å². The molecule has 0 aliphatic heterocycles. The van der Waals surface area contributed by atoms with E-state index in [0.29, 0.717) is 11.3 Å². The van der Waals surface area contributed by atoms with Crippen LogP contribution in [0, 0.1) is 0 Å². The van der Waals surface area contributed by atoms with Gasteiger partial charge in [0.25, 0.3) is 0 Å². The molecule has 5 heteroatoms. The van der Waals surface area contributed by atoms with Gasteiger partial charge in [0.05, 0.1) is 11.8 Å². The van der Waals surface area contributed by atoms with E-state index >= 15 is 0 Å². The van der Waals surface area contributed by atoms with Crippen molar-refractivity contribution in [3.05, 3.63) is 16.7 Å². The Bertz CT molecular complexity index is 352. The summed E-state index contributed by atoms with van der Waals surface area (Å²) in [5.74, 6) is 0.992. The third-order valence-corrected chi connectivity index (χ3v) is 3.11. The second-order valence-corrected chi connectivity index (χ2v) is 5.36. The highest BCUT2D eigenvalue weighted by Crippen LogP contribution is 2.13. The number of nitrogens with zero attached hydrogens (tertiary/aromatic N) is 1. The first-order valence-corrected chi connectivity index (χ1v) is 7.56. The van der Waals surface area contributed by atoms with Crippen LogP contribution in [-0.4, -0.2) is 29.2 Å². The van der Waals surface area contributed by atoms with Crippen LogP contribution >= 0.6 is 11.6 Å². The molecule has 0 fully saturated rings. The fourth-order valence-corrected chi connectivity index (χ4v) is 1.97. The van der Waals surface area contributed by atoms with Crippen molar-refractivity contribution in [1.82, 2.24) is 15.3 Å². The Balaban J connectivity index is 2.19. The van der Waals surface area contributed by atoms with E-state index < -0.39 is 0 Å². The fraction of sp³-hybridized carbons (Fsp3) is 0.786. The highest BCUT2D eigenvalue weighted by Gasteiger charge is 2.07. The number of hydrogen-bond acceptors (Lipinski definition) is 3. The summed E-state index contributed by atoms with van der Waals surface area (Å²) in [4.78, 5) is 7.62. The van der Waals surface area contributed by atoms with E-state index in [0.717, 1.165) is 50.5 Å². The summed E-state index contributed by atoms with van der Waals surface area (Å²) in [5, 5.41) is 3.94. The summed E-state index contributed by atoms with van der Waals surface area (Å²) in [5.41, 5.74) is 0.984. The maximum Gasteiger partial charge on any atom is 0.151 e. The van der Waals surface area contributed by atoms with Gasteiger partial charge in [-0.15, -0.1) is 0 Å². The number of H-pyrrole nitrogens is 1. The second-order valence-electron chi connectivity index (χ2n) is 5.01. The van der Waals surface area contributed by atoms with Gasteiger partial charge in [-0.05, 0) is 33.2 Å². The predicted molar refractivity (Wildman–Crippen MR) is 79.6 cm³/mol. The smallest absolute Gasteiger partial charge is 0.151 e. The Hall–Kier alpha value is -0.580. The van der Waals surface area contributed by atoms with Crippen LogP contribution in [0.2, 0.25) is 5.15 Å². The average molecular weight is 288 g/mol. The topological polar surface area (TPSA) is 49.9 Å². The molecule has 0 unspecified atom stereocenters. The standard InChI is InChI=1S/C14H26ClN3O/c1-4-5-7-13-17-12(14(15)18-13)10-16-8-6-9-19-11(2)3/h11,16H,4-10H2,1-3H3,(H,17,18). The third kappa shape index (κ3) is 6.95. The van der Waals surface area contributed by atoms with Crippen LogP contribution in [0.15, 0.2) is 0 Å². The van der Waals surface area contributed by atoms with Crippen molar-refractivity contribution in [2.45, 2.75) is 59.1 Å². The number of halogens is 1. The lowest BCUT2D eigenvalue weighted by molar-refractivity contribution is 0.0770. The average Bonchev–Trinajstić information content (AvgIpc) is 2.71. The zero-order valence-electron chi connectivity index (χ0n) is 12.3. The van der Waals surface area contributed by atoms with Crippen LogP contribution in [0.3, 0.4) is 0 Å². The number of hydrogen-bond donors (Lipinski definition) is 2. The molecule has 0 saturated heterocycles. The molecular formula is C14H26ClN3O. The highest BCUT2D eigenvalue weighted by molar-refractivity contribution is 6.30. The van der Waals surface area contributed by atoms with Crippen molar-refractivity contribution in [3.63, 3.8) is 0 Å². The van der Waals surface area contributed by atoms with Gasteiger partial charge in [-0.1, -0.05) is 24.9 Å². The van der Waals surface area contributed by atoms with E-state index in [9.17, 15) is 0 Å². The lowest BCUT2D eigenvalue weighted by atomic mass is 10.2. The number of ether oxygens (including phenoxy) is 1. The van der Waals surface area contributed by atoms with E-state index in [-0.39, 0.29) is 0 Å². The number of aryl methyl sites for hydroxylation is 1. The zero-order valence-corrected chi connectivity index (χ0v) is 13.0. The first-order chi connectivity index (χ1) is 9.13. The minimum atomic E-state index is 0.308. The quantitative estimate of drug-likeness (QED) is 0.649. The van der Waals surface area contributed by atoms with Crippen molar-refractivity contribution in [2.24, 2.45) is 0 Å². The molecule has 1 heterocycles. The molecule has 4 nitrogen and oxygen atoms in total. The summed E-state index contributed by atoms with van der Waals surface area (Å²) in [6.07, 6.45) is 4.60. The summed E-state index contributed by atoms with van der Waals surface area (Å²) < 4.78 is 5.48. The Morgan fingerprint density at radius 3 is 2.84 bits per heavy atom. The zero-order chi connectivity index (χ0) is 14.1. The molecule has 1 aromatic heterocycles. The predicted octanol–water partition coefficient (Wildman–Crippen LogP) is 3.31. The summed E-state index contributed by atoms with van der Waals surface area (Å²) in [7, 11) is 0. The lowest BCUT2D eigenvalue weighted by Gasteiger charge is -2.07. The first kappa shape index (κ1) is 16.5. The molecule has 1 aromatic rings. The Labute approximate surface area is 121 Å². The van der Waals surface area contributed by atoms with E-state index in [1.807, 2.05) is 0 Å². The number of imidazole rings is 1. The molecule has 0 aliphatic carbocycles. The van der Waals surface area contributed by atoms with Crippen LogP contribution in [0.1, 0.15) is 51.6 Å². The lowest BCUT2D eigenvalue weighted by Crippen LogP contribution is -2.17. The first-order valence-electron chi connectivity index (χ1n) is 7.19. The van der Waals surface area contributed by atoms with Crippen LogP contribution in [-0.2, 0) is 17.7 Å². The van der Waals surface area contributed by atoms with E-state index in [2.05, 4.69) is 36.1 Å². The number of aromatic amines is 1. The number of rotatable bonds is 10. The van der Waals surface area contributed by atoms with Gasteiger partial charge in [0.2, 0.25) is 0 Å². The number of nitrogens with one attached hydrogen (secondary N) is 2.